The zero-order chi connectivity index (χ0) is 19.6. The summed E-state index contributed by atoms with van der Waals surface area (Å²) in [4.78, 5) is 14.2. The number of methoxy groups -OCH3 is 1. The van der Waals surface area contributed by atoms with Crippen LogP contribution in [0.1, 0.15) is 11.1 Å². The molecule has 8 heteroatoms. The molecule has 1 heterocycles. The van der Waals surface area contributed by atoms with Gasteiger partial charge in [-0.05, 0) is 35.9 Å². The van der Waals surface area contributed by atoms with Crippen LogP contribution in [0.4, 0.5) is 0 Å². The largest absolute Gasteiger partial charge is 0.493 e. The summed E-state index contributed by atoms with van der Waals surface area (Å²) >= 11 is 18.5. The van der Waals surface area contributed by atoms with Crippen LogP contribution in [-0.2, 0) is 11.4 Å². The predicted molar refractivity (Wildman–Crippen MR) is 115 cm³/mol. The summed E-state index contributed by atoms with van der Waals surface area (Å²) in [5.41, 5.74) is 1.64. The lowest BCUT2D eigenvalue weighted by molar-refractivity contribution is -0.121. The van der Waals surface area contributed by atoms with Crippen molar-refractivity contribution < 1.29 is 14.3 Å². The van der Waals surface area contributed by atoms with Crippen molar-refractivity contribution in [3.05, 3.63) is 62.5 Å². The number of thioether (sulfide) groups is 1. The van der Waals surface area contributed by atoms with Crippen molar-refractivity contribution in [1.29, 1.82) is 0 Å². The Hall–Kier alpha value is -1.73. The highest BCUT2D eigenvalue weighted by atomic mass is 35.5. The Morgan fingerprint density at radius 2 is 1.96 bits per heavy atom. The third-order valence-electron chi connectivity index (χ3n) is 3.87. The van der Waals surface area contributed by atoms with Gasteiger partial charge in [-0.3, -0.25) is 9.69 Å². The average Bonchev–Trinajstić information content (AvgIpc) is 2.88. The maximum Gasteiger partial charge on any atom is 0.265 e. The third-order valence-corrected chi connectivity index (χ3v) is 5.94. The summed E-state index contributed by atoms with van der Waals surface area (Å²) < 4.78 is 11.8. The van der Waals surface area contributed by atoms with Gasteiger partial charge in [0.05, 0.1) is 12.0 Å². The number of amides is 1. The molecule has 0 unspecified atom stereocenters. The lowest BCUT2D eigenvalue weighted by atomic mass is 10.2. The fourth-order valence-electron chi connectivity index (χ4n) is 2.38. The van der Waals surface area contributed by atoms with E-state index in [0.717, 1.165) is 11.1 Å². The van der Waals surface area contributed by atoms with Crippen molar-refractivity contribution in [3.8, 4) is 11.5 Å². The Labute approximate surface area is 177 Å². The zero-order valence-corrected chi connectivity index (χ0v) is 17.6. The standard InChI is InChI=1S/C19H15Cl2NO3S2/c1-22-18(23)17(27-19(22)26)8-11-3-6-15(16(7-11)24-2)25-10-12-4-5-13(20)9-14(12)21/h3-9H,10H2,1-2H3/b17-8+. The monoisotopic (exact) mass is 439 g/mol. The van der Waals surface area contributed by atoms with E-state index in [1.807, 2.05) is 12.1 Å². The molecule has 1 saturated heterocycles. The number of nitrogens with zero attached hydrogens (tertiary/aromatic N) is 1. The molecule has 2 aromatic carbocycles. The fraction of sp³-hybridized carbons (Fsp3) is 0.158. The van der Waals surface area contributed by atoms with E-state index < -0.39 is 0 Å². The number of benzene rings is 2. The van der Waals surface area contributed by atoms with E-state index in [2.05, 4.69) is 0 Å². The summed E-state index contributed by atoms with van der Waals surface area (Å²) in [5.74, 6) is 1.02. The highest BCUT2D eigenvalue weighted by Crippen LogP contribution is 2.34. The Morgan fingerprint density at radius 3 is 2.59 bits per heavy atom. The first kappa shape index (κ1) is 20.0. The van der Waals surface area contributed by atoms with Crippen molar-refractivity contribution in [1.82, 2.24) is 4.90 Å². The van der Waals surface area contributed by atoms with Gasteiger partial charge in [0.2, 0.25) is 0 Å². The lowest BCUT2D eigenvalue weighted by Gasteiger charge is -2.12. The number of ether oxygens (including phenoxy) is 2. The number of rotatable bonds is 5. The van der Waals surface area contributed by atoms with Gasteiger partial charge >= 0.3 is 0 Å². The fourth-order valence-corrected chi connectivity index (χ4v) is 4.03. The molecule has 0 N–H and O–H groups in total. The van der Waals surface area contributed by atoms with Gasteiger partial charge in [0, 0.05) is 22.7 Å². The van der Waals surface area contributed by atoms with Gasteiger partial charge < -0.3 is 9.47 Å². The first-order chi connectivity index (χ1) is 12.9. The van der Waals surface area contributed by atoms with Gasteiger partial charge in [0.15, 0.2) is 11.5 Å². The van der Waals surface area contributed by atoms with Gasteiger partial charge in [0.1, 0.15) is 10.9 Å². The number of hydrogen-bond donors (Lipinski definition) is 0. The Balaban J connectivity index is 1.78. The first-order valence-corrected chi connectivity index (χ1v) is 9.83. The minimum absolute atomic E-state index is 0.110. The highest BCUT2D eigenvalue weighted by molar-refractivity contribution is 8.26. The van der Waals surface area contributed by atoms with Crippen LogP contribution in [0.15, 0.2) is 41.3 Å². The average molecular weight is 440 g/mol. The molecule has 0 aromatic heterocycles. The van der Waals surface area contributed by atoms with Crippen molar-refractivity contribution in [2.75, 3.05) is 14.2 Å². The predicted octanol–water partition coefficient (Wildman–Crippen LogP) is 5.41. The van der Waals surface area contributed by atoms with Crippen LogP contribution in [0, 0.1) is 0 Å². The van der Waals surface area contributed by atoms with Crippen molar-refractivity contribution in [3.63, 3.8) is 0 Å². The van der Waals surface area contributed by atoms with E-state index >= 15 is 0 Å². The van der Waals surface area contributed by atoms with E-state index in [9.17, 15) is 4.79 Å². The van der Waals surface area contributed by atoms with Crippen LogP contribution >= 0.6 is 47.2 Å². The molecule has 3 rings (SSSR count). The highest BCUT2D eigenvalue weighted by Gasteiger charge is 2.28. The molecule has 0 spiro atoms. The van der Waals surface area contributed by atoms with Crippen molar-refractivity contribution in [2.45, 2.75) is 6.61 Å². The number of carbonyl (C=O) groups is 1. The molecule has 4 nitrogen and oxygen atoms in total. The quantitative estimate of drug-likeness (QED) is 0.459. The third kappa shape index (κ3) is 4.58. The van der Waals surface area contributed by atoms with Gasteiger partial charge in [0.25, 0.3) is 5.91 Å². The minimum atomic E-state index is -0.110. The van der Waals surface area contributed by atoms with Crippen LogP contribution in [0.5, 0.6) is 11.5 Å². The number of thiocarbonyl (C=S) groups is 1. The molecule has 27 heavy (non-hydrogen) atoms. The Kier molecular flexibility index (Phi) is 6.32. The molecular formula is C19H15Cl2NO3S2. The summed E-state index contributed by atoms with van der Waals surface area (Å²) in [6.07, 6.45) is 1.78. The Bertz CT molecular complexity index is 947. The maximum atomic E-state index is 12.1. The topological polar surface area (TPSA) is 38.8 Å². The molecular weight excluding hydrogens is 425 g/mol. The molecule has 0 saturated carbocycles. The Morgan fingerprint density at radius 1 is 1.19 bits per heavy atom. The van der Waals surface area contributed by atoms with Crippen LogP contribution in [0.25, 0.3) is 6.08 Å². The molecule has 0 aliphatic carbocycles. The molecule has 1 aliphatic rings. The molecule has 0 bridgehead atoms. The van der Waals surface area contributed by atoms with Crippen LogP contribution in [-0.4, -0.2) is 29.3 Å². The number of halogens is 2. The molecule has 1 aliphatic heterocycles. The number of likely N-dealkylation sites (N-methyl/N-ethyl adjacent to an activating group) is 1. The summed E-state index contributed by atoms with van der Waals surface area (Å²) in [6.45, 7) is 0.278. The molecule has 1 amide bonds. The minimum Gasteiger partial charge on any atom is -0.493 e. The lowest BCUT2D eigenvalue weighted by Crippen LogP contribution is -2.22. The summed E-state index contributed by atoms with van der Waals surface area (Å²) in [7, 11) is 3.23. The maximum absolute atomic E-state index is 12.1. The SMILES string of the molecule is COc1cc(/C=C2/SC(=S)N(C)C2=O)ccc1OCc1ccc(Cl)cc1Cl. The van der Waals surface area contributed by atoms with Gasteiger partial charge in [-0.2, -0.15) is 0 Å². The second-order valence-corrected chi connectivity index (χ2v) is 8.19. The molecule has 140 valence electrons. The van der Waals surface area contributed by atoms with Crippen LogP contribution in [0.3, 0.4) is 0 Å². The molecule has 2 aromatic rings. The molecule has 0 atom stereocenters. The van der Waals surface area contributed by atoms with E-state index in [1.54, 1.807) is 44.5 Å². The van der Waals surface area contributed by atoms with Crippen molar-refractivity contribution in [2.24, 2.45) is 0 Å². The van der Waals surface area contributed by atoms with Crippen LogP contribution in [0.2, 0.25) is 10.0 Å². The molecule has 0 radical (unpaired) electrons. The van der Waals surface area contributed by atoms with Crippen molar-refractivity contribution >= 4 is 63.5 Å². The second-order valence-electron chi connectivity index (χ2n) is 5.68. The summed E-state index contributed by atoms with van der Waals surface area (Å²) in [5, 5.41) is 1.11. The first-order valence-electron chi connectivity index (χ1n) is 7.85. The number of carbonyl (C=O) groups excluding carboxylic acids is 1. The van der Waals surface area contributed by atoms with Gasteiger partial charge in [-0.1, -0.05) is 59.3 Å². The summed E-state index contributed by atoms with van der Waals surface area (Å²) in [6, 6.07) is 10.7. The number of hydrogen-bond acceptors (Lipinski definition) is 5. The van der Waals surface area contributed by atoms with E-state index in [-0.39, 0.29) is 12.5 Å². The van der Waals surface area contributed by atoms with E-state index in [1.165, 1.54) is 16.7 Å². The van der Waals surface area contributed by atoms with Gasteiger partial charge in [-0.25, -0.2) is 0 Å². The van der Waals surface area contributed by atoms with E-state index in [0.29, 0.717) is 30.8 Å². The van der Waals surface area contributed by atoms with Crippen LogP contribution < -0.4 is 9.47 Å². The second kappa shape index (κ2) is 8.52. The zero-order valence-electron chi connectivity index (χ0n) is 14.5. The van der Waals surface area contributed by atoms with Gasteiger partial charge in [-0.15, -0.1) is 0 Å². The molecule has 1 fully saturated rings. The normalized spacial score (nSPS) is 15.6. The smallest absolute Gasteiger partial charge is 0.265 e. The van der Waals surface area contributed by atoms with E-state index in [4.69, 9.17) is 44.9 Å².